The maximum absolute atomic E-state index is 5.61. The first-order chi connectivity index (χ1) is 6.29. The largest absolute Gasteiger partial charge is 0.458 e. The summed E-state index contributed by atoms with van der Waals surface area (Å²) in [5.41, 5.74) is 0.122. The molecule has 1 aliphatic heterocycles. The fourth-order valence-corrected chi connectivity index (χ4v) is 1.50. The summed E-state index contributed by atoms with van der Waals surface area (Å²) in [5.74, 6) is 2.05. The predicted octanol–water partition coefficient (Wildman–Crippen LogP) is 3.68. The number of ether oxygens (including phenoxy) is 2. The summed E-state index contributed by atoms with van der Waals surface area (Å²) >= 11 is 0. The highest BCUT2D eigenvalue weighted by Crippen LogP contribution is 2.42. The SMILES string of the molecule is CCC(C)(C)C1=C(C(C)(C)C)OCO1. The van der Waals surface area contributed by atoms with Crippen molar-refractivity contribution in [2.75, 3.05) is 6.79 Å². The first-order valence-corrected chi connectivity index (χ1v) is 5.30. The lowest BCUT2D eigenvalue weighted by Crippen LogP contribution is -2.19. The van der Waals surface area contributed by atoms with E-state index in [-0.39, 0.29) is 10.8 Å². The third-order valence-corrected chi connectivity index (χ3v) is 2.79. The maximum atomic E-state index is 5.61. The van der Waals surface area contributed by atoms with Gasteiger partial charge in [-0.3, -0.25) is 0 Å². The number of hydrogen-bond donors (Lipinski definition) is 0. The molecule has 1 rings (SSSR count). The zero-order chi connectivity index (χ0) is 11.0. The van der Waals surface area contributed by atoms with Gasteiger partial charge in [-0.15, -0.1) is 0 Å². The molecule has 0 amide bonds. The molecular weight excluding hydrogens is 176 g/mol. The monoisotopic (exact) mass is 198 g/mol. The average Bonchev–Trinajstić information content (AvgIpc) is 2.51. The first-order valence-electron chi connectivity index (χ1n) is 5.30. The van der Waals surface area contributed by atoms with Crippen LogP contribution in [0.15, 0.2) is 11.5 Å². The van der Waals surface area contributed by atoms with Gasteiger partial charge in [-0.1, -0.05) is 41.5 Å². The Kier molecular flexibility index (Phi) is 2.84. The van der Waals surface area contributed by atoms with E-state index in [1.54, 1.807) is 0 Å². The van der Waals surface area contributed by atoms with Gasteiger partial charge in [0, 0.05) is 10.8 Å². The van der Waals surface area contributed by atoms with Crippen LogP contribution in [-0.4, -0.2) is 6.79 Å². The maximum Gasteiger partial charge on any atom is 0.230 e. The molecule has 1 aliphatic rings. The van der Waals surface area contributed by atoms with Crippen LogP contribution in [0.2, 0.25) is 0 Å². The van der Waals surface area contributed by atoms with Crippen LogP contribution in [0.5, 0.6) is 0 Å². The van der Waals surface area contributed by atoms with E-state index in [1.807, 2.05) is 0 Å². The van der Waals surface area contributed by atoms with E-state index in [0.717, 1.165) is 17.9 Å². The Bertz CT molecular complexity index is 244. The van der Waals surface area contributed by atoms with E-state index in [0.29, 0.717) is 6.79 Å². The normalized spacial score (nSPS) is 18.1. The third kappa shape index (κ3) is 2.05. The van der Waals surface area contributed by atoms with E-state index in [4.69, 9.17) is 9.47 Å². The van der Waals surface area contributed by atoms with Gasteiger partial charge in [-0.2, -0.15) is 0 Å². The molecule has 0 unspecified atom stereocenters. The van der Waals surface area contributed by atoms with Gasteiger partial charge in [0.15, 0.2) is 0 Å². The van der Waals surface area contributed by atoms with Gasteiger partial charge in [0.25, 0.3) is 0 Å². The minimum absolute atomic E-state index is 0.0400. The number of hydrogen-bond acceptors (Lipinski definition) is 2. The Morgan fingerprint density at radius 1 is 1.00 bits per heavy atom. The Morgan fingerprint density at radius 2 is 1.50 bits per heavy atom. The molecule has 0 aliphatic carbocycles. The minimum atomic E-state index is 0.0400. The molecule has 0 saturated carbocycles. The lowest BCUT2D eigenvalue weighted by atomic mass is 9.82. The standard InChI is InChI=1S/C12H22O2/c1-7-12(5,6)10-9(11(2,3)4)13-8-14-10/h7-8H2,1-6H3. The predicted molar refractivity (Wildman–Crippen MR) is 57.6 cm³/mol. The van der Waals surface area contributed by atoms with Crippen molar-refractivity contribution in [2.24, 2.45) is 10.8 Å². The molecule has 0 aromatic heterocycles. The average molecular weight is 198 g/mol. The molecule has 0 atom stereocenters. The quantitative estimate of drug-likeness (QED) is 0.673. The highest BCUT2D eigenvalue weighted by molar-refractivity contribution is 5.17. The van der Waals surface area contributed by atoms with E-state index < -0.39 is 0 Å². The van der Waals surface area contributed by atoms with Gasteiger partial charge in [-0.25, -0.2) is 0 Å². The summed E-state index contributed by atoms with van der Waals surface area (Å²) in [6.45, 7) is 13.4. The summed E-state index contributed by atoms with van der Waals surface area (Å²) in [6.07, 6.45) is 1.06. The van der Waals surface area contributed by atoms with Gasteiger partial charge in [0.1, 0.15) is 11.5 Å². The molecule has 0 spiro atoms. The lowest BCUT2D eigenvalue weighted by molar-refractivity contribution is 0.0437. The molecule has 0 radical (unpaired) electrons. The lowest BCUT2D eigenvalue weighted by Gasteiger charge is -2.26. The Morgan fingerprint density at radius 3 is 1.93 bits per heavy atom. The topological polar surface area (TPSA) is 18.5 Å². The fraction of sp³-hybridized carbons (Fsp3) is 0.833. The summed E-state index contributed by atoms with van der Waals surface area (Å²) in [5, 5.41) is 0. The van der Waals surface area contributed by atoms with Gasteiger partial charge in [0.2, 0.25) is 6.79 Å². The molecule has 2 heteroatoms. The highest BCUT2D eigenvalue weighted by Gasteiger charge is 2.36. The van der Waals surface area contributed by atoms with Crippen LogP contribution in [0.4, 0.5) is 0 Å². The van der Waals surface area contributed by atoms with Crippen LogP contribution in [0.25, 0.3) is 0 Å². The summed E-state index contributed by atoms with van der Waals surface area (Å²) in [7, 11) is 0. The molecule has 0 aromatic rings. The Hall–Kier alpha value is -0.660. The van der Waals surface area contributed by atoms with Crippen LogP contribution in [0.1, 0.15) is 48.0 Å². The van der Waals surface area contributed by atoms with Crippen molar-refractivity contribution >= 4 is 0 Å². The molecule has 1 heterocycles. The van der Waals surface area contributed by atoms with Crippen molar-refractivity contribution in [3.63, 3.8) is 0 Å². The molecule has 0 N–H and O–H groups in total. The van der Waals surface area contributed by atoms with Crippen LogP contribution in [-0.2, 0) is 9.47 Å². The molecule has 0 aromatic carbocycles. The van der Waals surface area contributed by atoms with E-state index in [9.17, 15) is 0 Å². The summed E-state index contributed by atoms with van der Waals surface area (Å²) in [6, 6.07) is 0. The van der Waals surface area contributed by atoms with E-state index in [2.05, 4.69) is 41.5 Å². The molecular formula is C12H22O2. The molecule has 82 valence electrons. The number of rotatable bonds is 2. The number of allylic oxidation sites excluding steroid dienone is 2. The summed E-state index contributed by atoms with van der Waals surface area (Å²) < 4.78 is 11.2. The summed E-state index contributed by atoms with van der Waals surface area (Å²) in [4.78, 5) is 0. The van der Waals surface area contributed by atoms with Crippen LogP contribution >= 0.6 is 0 Å². The van der Waals surface area contributed by atoms with Crippen molar-refractivity contribution < 1.29 is 9.47 Å². The third-order valence-electron chi connectivity index (χ3n) is 2.79. The zero-order valence-electron chi connectivity index (χ0n) is 10.2. The Balaban J connectivity index is 3.06. The van der Waals surface area contributed by atoms with Crippen molar-refractivity contribution in [3.05, 3.63) is 11.5 Å². The second-order valence-corrected chi connectivity index (χ2v) is 5.55. The second-order valence-electron chi connectivity index (χ2n) is 5.55. The zero-order valence-corrected chi connectivity index (χ0v) is 10.2. The van der Waals surface area contributed by atoms with Crippen LogP contribution in [0.3, 0.4) is 0 Å². The van der Waals surface area contributed by atoms with Gasteiger partial charge < -0.3 is 9.47 Å². The molecule has 0 saturated heterocycles. The van der Waals surface area contributed by atoms with Crippen molar-refractivity contribution in [1.82, 2.24) is 0 Å². The van der Waals surface area contributed by atoms with Gasteiger partial charge in [-0.05, 0) is 6.42 Å². The van der Waals surface area contributed by atoms with Crippen molar-refractivity contribution in [3.8, 4) is 0 Å². The van der Waals surface area contributed by atoms with Crippen molar-refractivity contribution in [1.29, 1.82) is 0 Å². The highest BCUT2D eigenvalue weighted by atomic mass is 16.7. The van der Waals surface area contributed by atoms with Crippen LogP contribution in [0, 0.1) is 10.8 Å². The first kappa shape index (κ1) is 11.4. The minimum Gasteiger partial charge on any atom is -0.458 e. The van der Waals surface area contributed by atoms with Gasteiger partial charge in [0.05, 0.1) is 0 Å². The van der Waals surface area contributed by atoms with E-state index >= 15 is 0 Å². The molecule has 2 nitrogen and oxygen atoms in total. The Labute approximate surface area is 87.3 Å². The van der Waals surface area contributed by atoms with E-state index in [1.165, 1.54) is 0 Å². The molecule has 14 heavy (non-hydrogen) atoms. The smallest absolute Gasteiger partial charge is 0.230 e. The second kappa shape index (κ2) is 3.48. The van der Waals surface area contributed by atoms with Crippen molar-refractivity contribution in [2.45, 2.75) is 48.0 Å². The molecule has 0 bridgehead atoms. The van der Waals surface area contributed by atoms with Crippen LogP contribution < -0.4 is 0 Å². The van der Waals surface area contributed by atoms with Gasteiger partial charge >= 0.3 is 0 Å². The molecule has 0 fully saturated rings. The fourth-order valence-electron chi connectivity index (χ4n) is 1.50.